The number of rotatable bonds is 2. The molecule has 2 fully saturated rings. The number of piperidine rings is 2. The summed E-state index contributed by atoms with van der Waals surface area (Å²) in [4.78, 5) is 7.11. The van der Waals surface area contributed by atoms with Crippen LogP contribution in [0.1, 0.15) is 31.9 Å². The number of fused-ring (bicyclic) bond motifs is 2. The third-order valence-corrected chi connectivity index (χ3v) is 4.22. The summed E-state index contributed by atoms with van der Waals surface area (Å²) in [6, 6.07) is 4.43. The summed E-state index contributed by atoms with van der Waals surface area (Å²) in [5, 5.41) is 3.54. The molecule has 3 heteroatoms. The van der Waals surface area contributed by atoms with Gasteiger partial charge in [0.1, 0.15) is 0 Å². The van der Waals surface area contributed by atoms with Crippen molar-refractivity contribution in [1.29, 1.82) is 0 Å². The molecule has 1 aromatic heterocycles. The smallest absolute Gasteiger partial charge is 0.0553 e. The zero-order valence-corrected chi connectivity index (χ0v) is 11.4. The molecule has 3 nitrogen and oxygen atoms in total. The molecule has 98 valence electrons. The molecule has 0 radical (unpaired) electrons. The van der Waals surface area contributed by atoms with Gasteiger partial charge in [-0.05, 0) is 49.4 Å². The average Bonchev–Trinajstić information content (AvgIpc) is 2.38. The molecular weight excluding hydrogens is 222 g/mol. The monoisotopic (exact) mass is 245 g/mol. The normalized spacial score (nSPS) is 27.6. The van der Waals surface area contributed by atoms with E-state index in [0.717, 1.165) is 11.8 Å². The van der Waals surface area contributed by atoms with Gasteiger partial charge in [-0.3, -0.25) is 4.98 Å². The number of nitrogens with one attached hydrogen (secondary N) is 1. The second kappa shape index (κ2) is 4.88. The summed E-state index contributed by atoms with van der Waals surface area (Å²) in [5.41, 5.74) is 2.49. The summed E-state index contributed by atoms with van der Waals surface area (Å²) < 4.78 is 0. The molecule has 1 aromatic rings. The molecule has 0 amide bonds. The Morgan fingerprint density at radius 3 is 2.50 bits per heavy atom. The Bertz CT molecular complexity index is 387. The zero-order chi connectivity index (χ0) is 12.5. The number of nitrogens with zero attached hydrogens (tertiary/aromatic N) is 2. The van der Waals surface area contributed by atoms with Gasteiger partial charge >= 0.3 is 0 Å². The number of hydrogen-bond donors (Lipinski definition) is 1. The Balaban J connectivity index is 1.74. The van der Waals surface area contributed by atoms with Crippen LogP contribution < -0.4 is 10.2 Å². The molecule has 2 aliphatic rings. The summed E-state index contributed by atoms with van der Waals surface area (Å²) in [6.45, 7) is 9.13. The van der Waals surface area contributed by atoms with Crippen LogP contribution in [0.25, 0.3) is 0 Å². The van der Waals surface area contributed by atoms with Gasteiger partial charge in [0.15, 0.2) is 0 Å². The predicted octanol–water partition coefficient (Wildman–Crippen LogP) is 2.25. The molecule has 2 atom stereocenters. The molecule has 0 aliphatic carbocycles. The van der Waals surface area contributed by atoms with E-state index in [1.165, 1.54) is 44.0 Å². The van der Waals surface area contributed by atoms with Gasteiger partial charge in [-0.25, -0.2) is 0 Å². The lowest BCUT2D eigenvalue weighted by molar-refractivity contribution is 0.249. The highest BCUT2D eigenvalue weighted by atomic mass is 15.2. The Hall–Kier alpha value is -1.09. The van der Waals surface area contributed by atoms with Crippen molar-refractivity contribution >= 4 is 5.69 Å². The third kappa shape index (κ3) is 2.37. The van der Waals surface area contributed by atoms with Crippen LogP contribution >= 0.6 is 0 Å². The molecule has 3 rings (SSSR count). The standard InChI is InChI=1S/C15H23N3/c1-11(2)15-4-3-14(8-17-15)18-9-12-5-13(10-18)7-16-6-12/h3-4,8,11-13,16H,5-7,9-10H2,1-2H3. The van der Waals surface area contributed by atoms with Crippen LogP contribution in [0.3, 0.4) is 0 Å². The highest BCUT2D eigenvalue weighted by Crippen LogP contribution is 2.28. The summed E-state index contributed by atoms with van der Waals surface area (Å²) >= 11 is 0. The lowest BCUT2D eigenvalue weighted by Gasteiger charge is -2.42. The SMILES string of the molecule is CC(C)c1ccc(N2CC3CNCC(C3)C2)cn1. The first-order valence-corrected chi connectivity index (χ1v) is 7.14. The van der Waals surface area contributed by atoms with Crippen LogP contribution in [0.4, 0.5) is 5.69 Å². The van der Waals surface area contributed by atoms with Crippen molar-refractivity contribution in [3.05, 3.63) is 24.0 Å². The minimum atomic E-state index is 0.518. The maximum Gasteiger partial charge on any atom is 0.0553 e. The fourth-order valence-electron chi connectivity index (χ4n) is 3.24. The third-order valence-electron chi connectivity index (χ3n) is 4.22. The maximum absolute atomic E-state index is 4.59. The first-order chi connectivity index (χ1) is 8.72. The first-order valence-electron chi connectivity index (χ1n) is 7.14. The highest BCUT2D eigenvalue weighted by Gasteiger charge is 2.30. The quantitative estimate of drug-likeness (QED) is 0.866. The molecule has 2 unspecified atom stereocenters. The number of anilines is 1. The number of hydrogen-bond acceptors (Lipinski definition) is 3. The molecule has 0 spiro atoms. The second-order valence-electron chi connectivity index (χ2n) is 6.13. The van der Waals surface area contributed by atoms with Crippen molar-refractivity contribution in [3.8, 4) is 0 Å². The van der Waals surface area contributed by atoms with Gasteiger partial charge in [0.2, 0.25) is 0 Å². The summed E-state index contributed by atoms with van der Waals surface area (Å²) in [7, 11) is 0. The molecule has 0 aromatic carbocycles. The zero-order valence-electron chi connectivity index (χ0n) is 11.4. The average molecular weight is 245 g/mol. The van der Waals surface area contributed by atoms with Gasteiger partial charge in [0.25, 0.3) is 0 Å². The molecule has 0 saturated carbocycles. The number of pyridine rings is 1. The second-order valence-corrected chi connectivity index (χ2v) is 6.13. The van der Waals surface area contributed by atoms with Crippen molar-refractivity contribution in [3.63, 3.8) is 0 Å². The molecule has 3 heterocycles. The molecule has 1 N–H and O–H groups in total. The van der Waals surface area contributed by atoms with Crippen molar-refractivity contribution in [1.82, 2.24) is 10.3 Å². The van der Waals surface area contributed by atoms with Crippen LogP contribution in [0.15, 0.2) is 18.3 Å². The van der Waals surface area contributed by atoms with E-state index in [-0.39, 0.29) is 0 Å². The summed E-state index contributed by atoms with van der Waals surface area (Å²) in [6.07, 6.45) is 3.46. The van der Waals surface area contributed by atoms with Gasteiger partial charge in [0, 0.05) is 18.8 Å². The lowest BCUT2D eigenvalue weighted by Crippen LogP contribution is -2.51. The first kappa shape index (κ1) is 12.0. The van der Waals surface area contributed by atoms with E-state index in [1.54, 1.807) is 0 Å². The Kier molecular flexibility index (Phi) is 3.25. The molecular formula is C15H23N3. The molecule has 2 saturated heterocycles. The maximum atomic E-state index is 4.59. The van der Waals surface area contributed by atoms with Crippen molar-refractivity contribution in [2.45, 2.75) is 26.2 Å². The Morgan fingerprint density at radius 1 is 1.22 bits per heavy atom. The van der Waals surface area contributed by atoms with Gasteiger partial charge in [-0.15, -0.1) is 0 Å². The van der Waals surface area contributed by atoms with Crippen LogP contribution in [-0.4, -0.2) is 31.2 Å². The van der Waals surface area contributed by atoms with E-state index >= 15 is 0 Å². The van der Waals surface area contributed by atoms with E-state index in [2.05, 4.69) is 47.4 Å². The largest absolute Gasteiger partial charge is 0.370 e. The van der Waals surface area contributed by atoms with Crippen LogP contribution in [0.5, 0.6) is 0 Å². The topological polar surface area (TPSA) is 28.2 Å². The van der Waals surface area contributed by atoms with Crippen LogP contribution in [0.2, 0.25) is 0 Å². The van der Waals surface area contributed by atoms with Crippen molar-refractivity contribution < 1.29 is 0 Å². The highest BCUT2D eigenvalue weighted by molar-refractivity contribution is 5.45. The van der Waals surface area contributed by atoms with E-state index < -0.39 is 0 Å². The van der Waals surface area contributed by atoms with E-state index in [4.69, 9.17) is 0 Å². The number of aromatic nitrogens is 1. The van der Waals surface area contributed by atoms with Crippen LogP contribution in [0, 0.1) is 11.8 Å². The lowest BCUT2D eigenvalue weighted by atomic mass is 9.85. The molecule has 18 heavy (non-hydrogen) atoms. The Morgan fingerprint density at radius 2 is 1.94 bits per heavy atom. The van der Waals surface area contributed by atoms with Crippen molar-refractivity contribution in [2.24, 2.45) is 11.8 Å². The summed E-state index contributed by atoms with van der Waals surface area (Å²) in [5.74, 6) is 2.16. The Labute approximate surface area is 110 Å². The minimum absolute atomic E-state index is 0.518. The van der Waals surface area contributed by atoms with Crippen LogP contribution in [-0.2, 0) is 0 Å². The van der Waals surface area contributed by atoms with E-state index in [1.807, 2.05) is 0 Å². The van der Waals surface area contributed by atoms with Gasteiger partial charge in [0.05, 0.1) is 11.9 Å². The minimum Gasteiger partial charge on any atom is -0.370 e. The molecule has 2 bridgehead atoms. The van der Waals surface area contributed by atoms with E-state index in [9.17, 15) is 0 Å². The molecule has 2 aliphatic heterocycles. The van der Waals surface area contributed by atoms with Gasteiger partial charge in [-0.1, -0.05) is 13.8 Å². The van der Waals surface area contributed by atoms with E-state index in [0.29, 0.717) is 5.92 Å². The van der Waals surface area contributed by atoms with Crippen molar-refractivity contribution in [2.75, 3.05) is 31.1 Å². The fraction of sp³-hybridized carbons (Fsp3) is 0.667. The fourth-order valence-corrected chi connectivity index (χ4v) is 3.24. The predicted molar refractivity (Wildman–Crippen MR) is 75.0 cm³/mol. The van der Waals surface area contributed by atoms with Gasteiger partial charge < -0.3 is 10.2 Å². The van der Waals surface area contributed by atoms with Gasteiger partial charge in [-0.2, -0.15) is 0 Å².